The molecule has 11 heteroatoms. The third-order valence-corrected chi connectivity index (χ3v) is 11.0. The van der Waals surface area contributed by atoms with E-state index in [1.54, 1.807) is 52.7 Å². The van der Waals surface area contributed by atoms with Crippen LogP contribution in [0.15, 0.2) is 107 Å². The Bertz CT molecular complexity index is 2200. The van der Waals surface area contributed by atoms with Crippen LogP contribution in [-0.4, -0.2) is 16.8 Å². The molecule has 5 nitrogen and oxygen atoms in total. The smallest absolute Gasteiger partial charge is 0.207 e. The third kappa shape index (κ3) is 4.39. The van der Waals surface area contributed by atoms with Crippen LogP contribution in [0.1, 0.15) is 0 Å². The number of fused-ring (bicyclic) bond motifs is 7. The molecule has 6 aromatic rings. The van der Waals surface area contributed by atoms with E-state index in [0.29, 0.717) is 33.7 Å². The lowest BCUT2D eigenvalue weighted by Crippen LogP contribution is -2.30. The number of rotatable bonds is 2. The summed E-state index contributed by atoms with van der Waals surface area (Å²) >= 11 is 0. The summed E-state index contributed by atoms with van der Waals surface area (Å²) in [5.74, 6) is -3.87. The van der Waals surface area contributed by atoms with Crippen LogP contribution in [0.2, 0.25) is 0 Å². The van der Waals surface area contributed by atoms with Gasteiger partial charge in [-0.3, -0.25) is 0 Å². The number of hydrogen-bond acceptors (Lipinski definition) is 4. The molecule has 0 bridgehead atoms. The fraction of sp³-hybridized carbons (Fsp3) is 0. The van der Waals surface area contributed by atoms with Gasteiger partial charge >= 0.3 is 0 Å². The topological polar surface area (TPSA) is 80.3 Å². The molecule has 43 heavy (non-hydrogen) atoms. The molecule has 0 saturated carbocycles. The molecule has 1 N–H and O–H groups in total. The highest BCUT2D eigenvalue weighted by atomic mass is 32.3. The van der Waals surface area contributed by atoms with Crippen molar-refractivity contribution in [2.75, 3.05) is 0 Å². The van der Waals surface area contributed by atoms with Crippen molar-refractivity contribution in [1.29, 1.82) is 0 Å². The Kier molecular flexibility index (Phi) is 6.00. The van der Waals surface area contributed by atoms with Crippen LogP contribution < -0.4 is 4.13 Å². The van der Waals surface area contributed by atoms with Gasteiger partial charge in [0.15, 0.2) is 0 Å². The summed E-state index contributed by atoms with van der Waals surface area (Å²) < 4.78 is 116. The lowest BCUT2D eigenvalue weighted by atomic mass is 9.88. The Morgan fingerprint density at radius 3 is 1.19 bits per heavy atom. The van der Waals surface area contributed by atoms with Crippen molar-refractivity contribution in [2.24, 2.45) is 0 Å². The highest BCUT2D eigenvalue weighted by Gasteiger charge is 2.40. The summed E-state index contributed by atoms with van der Waals surface area (Å²) in [6, 6.07) is 21.1. The molecule has 6 aromatic carbocycles. The largest absolute Gasteiger partial charge is 0.255 e. The second-order valence-corrected chi connectivity index (χ2v) is 13.6. The van der Waals surface area contributed by atoms with Crippen molar-refractivity contribution >= 4 is 41.6 Å². The lowest BCUT2D eigenvalue weighted by molar-refractivity contribution is 0.576. The average Bonchev–Trinajstić information content (AvgIpc) is 3.00. The number of halogens is 4. The maximum absolute atomic E-state index is 14.4. The molecule has 1 heterocycles. The molecule has 0 atom stereocenters. The minimum absolute atomic E-state index is 0.0451. The van der Waals surface area contributed by atoms with Gasteiger partial charge in [0, 0.05) is 34.4 Å². The quantitative estimate of drug-likeness (QED) is 0.203. The fourth-order valence-corrected chi connectivity index (χ4v) is 9.50. The Morgan fingerprint density at radius 1 is 0.465 bits per heavy atom. The minimum Gasteiger partial charge on any atom is -0.207 e. The first-order valence-corrected chi connectivity index (χ1v) is 15.7. The van der Waals surface area contributed by atoms with Crippen LogP contribution in [0.25, 0.3) is 54.9 Å². The van der Waals surface area contributed by atoms with Crippen molar-refractivity contribution in [2.45, 2.75) is 9.79 Å². The van der Waals surface area contributed by atoms with Gasteiger partial charge in [0.2, 0.25) is 0 Å². The summed E-state index contributed by atoms with van der Waals surface area (Å²) in [5, 5.41) is 1.56. The van der Waals surface area contributed by atoms with E-state index < -0.39 is 53.1 Å². The number of benzene rings is 6. The SMILES string of the molecule is O=S1(=O)NS(=O)(=O)c2c(-c3cc(F)cc(F)c3)cc3ccccc3c2-c2c1c(-c1cc(F)cc(F)c1)cc1ccccc21. The molecule has 0 amide bonds. The second-order valence-electron chi connectivity index (χ2n) is 10.1. The highest BCUT2D eigenvalue weighted by Crippen LogP contribution is 2.50. The van der Waals surface area contributed by atoms with Crippen molar-refractivity contribution in [3.05, 3.63) is 120 Å². The maximum Gasteiger partial charge on any atom is 0.255 e. The van der Waals surface area contributed by atoms with E-state index in [1.165, 1.54) is 12.1 Å². The molecule has 1 aliphatic rings. The van der Waals surface area contributed by atoms with E-state index in [-0.39, 0.29) is 33.4 Å². The van der Waals surface area contributed by atoms with Crippen LogP contribution >= 0.6 is 0 Å². The predicted molar refractivity (Wildman–Crippen MR) is 155 cm³/mol. The zero-order chi connectivity index (χ0) is 30.3. The standard InChI is InChI=1S/C32H17F4NO4S2/c33-21-9-19(10-22(34)15-21)27-13-17-5-1-3-7-25(17)29-30-26-8-4-2-6-18(26)14-28(20-11-23(35)16-24(36)12-20)32(30)43(40,41)37-42(38,39)31(27)29/h1-16,37H. The van der Waals surface area contributed by atoms with Crippen LogP contribution in [0.3, 0.4) is 0 Å². The summed E-state index contributed by atoms with van der Waals surface area (Å²) in [6.07, 6.45) is 0. The fourth-order valence-electron chi connectivity index (χ4n) is 5.79. The summed E-state index contributed by atoms with van der Waals surface area (Å²) in [5.41, 5.74) is -0.660. The van der Waals surface area contributed by atoms with Gasteiger partial charge in [-0.2, -0.15) is 0 Å². The first kappa shape index (κ1) is 27.3. The van der Waals surface area contributed by atoms with Gasteiger partial charge in [-0.05, 0) is 69.1 Å². The zero-order valence-electron chi connectivity index (χ0n) is 21.7. The molecule has 0 radical (unpaired) electrons. The van der Waals surface area contributed by atoms with Crippen molar-refractivity contribution < 1.29 is 34.4 Å². The molecule has 0 unspecified atom stereocenters. The first-order valence-electron chi connectivity index (χ1n) is 12.8. The maximum atomic E-state index is 14.4. The van der Waals surface area contributed by atoms with Crippen molar-refractivity contribution in [1.82, 2.24) is 4.13 Å². The van der Waals surface area contributed by atoms with E-state index in [1.807, 2.05) is 0 Å². The minimum atomic E-state index is -4.96. The van der Waals surface area contributed by atoms with E-state index in [0.717, 1.165) is 24.3 Å². The van der Waals surface area contributed by atoms with Crippen LogP contribution in [-0.2, 0) is 20.0 Å². The third-order valence-electron chi connectivity index (χ3n) is 7.36. The molecule has 7 rings (SSSR count). The van der Waals surface area contributed by atoms with Gasteiger partial charge in [0.1, 0.15) is 23.3 Å². The van der Waals surface area contributed by atoms with Crippen LogP contribution in [0.4, 0.5) is 17.6 Å². The van der Waals surface area contributed by atoms with Gasteiger partial charge in [-0.25, -0.2) is 34.4 Å². The van der Waals surface area contributed by atoms with Gasteiger partial charge in [0.05, 0.1) is 9.79 Å². The predicted octanol–water partition coefficient (Wildman–Crippen LogP) is 7.53. The molecule has 0 fully saturated rings. The number of sulfonamides is 2. The average molecular weight is 620 g/mol. The van der Waals surface area contributed by atoms with Gasteiger partial charge in [0.25, 0.3) is 20.0 Å². The van der Waals surface area contributed by atoms with E-state index in [2.05, 4.69) is 0 Å². The van der Waals surface area contributed by atoms with E-state index in [9.17, 15) is 34.4 Å². The first-order chi connectivity index (χ1) is 20.4. The molecule has 214 valence electrons. The molecular formula is C32H17F4NO4S2. The Morgan fingerprint density at radius 2 is 0.814 bits per heavy atom. The lowest BCUT2D eigenvalue weighted by Gasteiger charge is -2.19. The van der Waals surface area contributed by atoms with E-state index in [4.69, 9.17) is 0 Å². The zero-order valence-corrected chi connectivity index (χ0v) is 23.3. The molecule has 0 saturated heterocycles. The monoisotopic (exact) mass is 619 g/mol. The second kappa shape index (κ2) is 9.46. The van der Waals surface area contributed by atoms with Crippen molar-refractivity contribution in [3.8, 4) is 33.4 Å². The van der Waals surface area contributed by atoms with Crippen LogP contribution in [0, 0.1) is 23.3 Å². The molecule has 0 spiro atoms. The number of hydrogen-bond donors (Lipinski definition) is 1. The van der Waals surface area contributed by atoms with E-state index >= 15 is 0 Å². The Labute approximate surface area is 243 Å². The normalized spacial score (nSPS) is 15.2. The highest BCUT2D eigenvalue weighted by molar-refractivity contribution is 8.05. The van der Waals surface area contributed by atoms with Gasteiger partial charge < -0.3 is 0 Å². The van der Waals surface area contributed by atoms with Crippen LogP contribution in [0.5, 0.6) is 0 Å². The Balaban J connectivity index is 1.79. The van der Waals surface area contributed by atoms with Gasteiger partial charge in [-0.1, -0.05) is 48.5 Å². The molecule has 0 aliphatic carbocycles. The van der Waals surface area contributed by atoms with Gasteiger partial charge in [-0.15, -0.1) is 4.13 Å². The van der Waals surface area contributed by atoms with Crippen molar-refractivity contribution in [3.63, 3.8) is 0 Å². The Hall–Kier alpha value is -4.58. The summed E-state index contributed by atoms with van der Waals surface area (Å²) in [7, 11) is -9.93. The molecular weight excluding hydrogens is 602 g/mol. The summed E-state index contributed by atoms with van der Waals surface area (Å²) in [4.78, 5) is -1.04. The summed E-state index contributed by atoms with van der Waals surface area (Å²) in [6.45, 7) is 0. The molecule has 0 aromatic heterocycles. The molecule has 1 aliphatic heterocycles. The number of nitrogens with one attached hydrogen (secondary N) is 1.